The van der Waals surface area contributed by atoms with Gasteiger partial charge in [-0.15, -0.1) is 0 Å². The van der Waals surface area contributed by atoms with Crippen molar-refractivity contribution in [3.8, 4) is 0 Å². The second-order valence-corrected chi connectivity index (χ2v) is 9.17. The Morgan fingerprint density at radius 2 is 2.08 bits per heavy atom. The van der Waals surface area contributed by atoms with Crippen LogP contribution in [-0.4, -0.2) is 12.7 Å². The third-order valence-corrected chi connectivity index (χ3v) is 4.23. The average molecular weight is 243 g/mol. The predicted octanol–water partition coefficient (Wildman–Crippen LogP) is 3.55. The molecule has 0 aromatic rings. The summed E-state index contributed by atoms with van der Waals surface area (Å²) >= 11 is 10.9. The molecule has 0 bridgehead atoms. The zero-order valence-electron chi connectivity index (χ0n) is 8.41. The Kier molecular flexibility index (Phi) is 3.47. The normalized spacial score (nSPS) is 39.4. The highest BCUT2D eigenvalue weighted by molar-refractivity contribution is 8.22. The molecule has 0 unspecified atom stereocenters. The van der Waals surface area contributed by atoms with Gasteiger partial charge in [0.25, 0.3) is 5.84 Å². The van der Waals surface area contributed by atoms with Crippen molar-refractivity contribution < 1.29 is 9.05 Å². The minimum absolute atomic E-state index is 0.00532. The van der Waals surface area contributed by atoms with Crippen LogP contribution in [-0.2, 0) is 20.9 Å². The van der Waals surface area contributed by atoms with E-state index in [1.165, 1.54) is 0 Å². The van der Waals surface area contributed by atoms with Crippen LogP contribution < -0.4 is 0 Å². The Morgan fingerprint density at radius 3 is 2.46 bits per heavy atom. The first-order chi connectivity index (χ1) is 5.75. The van der Waals surface area contributed by atoms with Crippen molar-refractivity contribution in [1.29, 1.82) is 0 Å². The number of hydrogen-bond acceptors (Lipinski definition) is 3. The molecule has 1 aliphatic heterocycles. The van der Waals surface area contributed by atoms with Crippen molar-refractivity contribution >= 4 is 28.9 Å². The zero-order valence-corrected chi connectivity index (χ0v) is 10.9. The molecule has 0 radical (unpaired) electrons. The summed E-state index contributed by atoms with van der Waals surface area (Å²) in [5.41, 5.74) is 0.00532. The minimum Gasteiger partial charge on any atom is -0.317 e. The van der Waals surface area contributed by atoms with Gasteiger partial charge in [0.1, 0.15) is 0 Å². The molecule has 0 aliphatic carbocycles. The van der Waals surface area contributed by atoms with Gasteiger partial charge < -0.3 is 9.05 Å². The molecule has 1 saturated heterocycles. The Balaban J connectivity index is 2.82. The number of rotatable bonds is 1. The maximum atomic E-state index is 5.92. The van der Waals surface area contributed by atoms with Gasteiger partial charge in [-0.25, -0.2) is 0 Å². The maximum absolute atomic E-state index is 5.92. The van der Waals surface area contributed by atoms with E-state index in [1.807, 2.05) is 0 Å². The van der Waals surface area contributed by atoms with E-state index in [-0.39, 0.29) is 11.5 Å². The highest BCUT2D eigenvalue weighted by atomic mass is 35.7. The van der Waals surface area contributed by atoms with Crippen LogP contribution in [0.25, 0.3) is 0 Å². The van der Waals surface area contributed by atoms with Crippen molar-refractivity contribution in [2.45, 2.75) is 33.8 Å². The molecular formula is C8H16ClO2PS. The second kappa shape index (κ2) is 3.79. The van der Waals surface area contributed by atoms with E-state index in [1.54, 1.807) is 0 Å². The summed E-state index contributed by atoms with van der Waals surface area (Å²) in [5, 5.41) is 0. The summed E-state index contributed by atoms with van der Waals surface area (Å²) in [6, 6.07) is 0. The van der Waals surface area contributed by atoms with Crippen LogP contribution in [0.15, 0.2) is 0 Å². The summed E-state index contributed by atoms with van der Waals surface area (Å²) in [6.07, 6.45) is 0.101. The molecule has 13 heavy (non-hydrogen) atoms. The van der Waals surface area contributed by atoms with Crippen LogP contribution in [0.4, 0.5) is 0 Å². The highest BCUT2D eigenvalue weighted by Crippen LogP contribution is 2.61. The van der Waals surface area contributed by atoms with Gasteiger partial charge in [0.05, 0.1) is 12.7 Å². The fraction of sp³-hybridized carbons (Fsp3) is 1.00. The van der Waals surface area contributed by atoms with Crippen LogP contribution in [0.3, 0.4) is 0 Å². The molecule has 1 rings (SSSR count). The van der Waals surface area contributed by atoms with Crippen molar-refractivity contribution in [2.24, 2.45) is 11.3 Å². The first-order valence-corrected chi connectivity index (χ1v) is 7.91. The summed E-state index contributed by atoms with van der Waals surface area (Å²) in [6.45, 7) is 9.05. The first-order valence-electron chi connectivity index (χ1n) is 4.37. The van der Waals surface area contributed by atoms with Gasteiger partial charge in [0, 0.05) is 5.41 Å². The van der Waals surface area contributed by atoms with Gasteiger partial charge in [0.2, 0.25) is 0 Å². The molecule has 0 saturated carbocycles. The fourth-order valence-corrected chi connectivity index (χ4v) is 3.85. The summed E-state index contributed by atoms with van der Waals surface area (Å²) in [7, 11) is 0. The molecule has 1 fully saturated rings. The lowest BCUT2D eigenvalue weighted by atomic mass is 9.81. The van der Waals surface area contributed by atoms with E-state index in [9.17, 15) is 0 Å². The molecule has 0 aromatic heterocycles. The third-order valence-electron chi connectivity index (χ3n) is 2.21. The Hall–Kier alpha value is 0.860. The van der Waals surface area contributed by atoms with E-state index in [0.29, 0.717) is 12.5 Å². The number of hydrogen-bond donors (Lipinski definition) is 0. The predicted molar refractivity (Wildman–Crippen MR) is 59.6 cm³/mol. The lowest BCUT2D eigenvalue weighted by Gasteiger charge is -2.43. The van der Waals surface area contributed by atoms with E-state index in [2.05, 4.69) is 27.7 Å². The lowest BCUT2D eigenvalue weighted by molar-refractivity contribution is -0.0306. The molecular weight excluding hydrogens is 227 g/mol. The summed E-state index contributed by atoms with van der Waals surface area (Å²) in [4.78, 5) is 0. The van der Waals surface area contributed by atoms with Gasteiger partial charge in [-0.2, -0.15) is 0 Å². The number of halogens is 1. The summed E-state index contributed by atoms with van der Waals surface area (Å²) in [5.74, 6) is -2.05. The fourth-order valence-electron chi connectivity index (χ4n) is 1.66. The van der Waals surface area contributed by atoms with Crippen molar-refractivity contribution in [3.63, 3.8) is 0 Å². The van der Waals surface area contributed by atoms with E-state index in [4.69, 9.17) is 32.1 Å². The molecule has 2 atom stereocenters. The largest absolute Gasteiger partial charge is 0.317 e. The molecule has 1 heterocycles. The van der Waals surface area contributed by atoms with E-state index >= 15 is 0 Å². The topological polar surface area (TPSA) is 18.5 Å². The molecule has 0 aromatic carbocycles. The molecule has 1 aliphatic rings. The monoisotopic (exact) mass is 242 g/mol. The molecule has 0 amide bonds. The van der Waals surface area contributed by atoms with Crippen molar-refractivity contribution in [3.05, 3.63) is 0 Å². The van der Waals surface area contributed by atoms with Crippen LogP contribution in [0.1, 0.15) is 27.7 Å². The average Bonchev–Trinajstić information content (AvgIpc) is 1.95. The standard InChI is InChI=1S/C8H16ClO2PS/c1-6(2)7-8(3,4)5-10-12(9,13)11-7/h6-7H,5H2,1-4H3/t7-,12-/m1/s1. The Bertz CT molecular complexity index is 242. The van der Waals surface area contributed by atoms with Gasteiger partial charge in [-0.1, -0.05) is 27.7 Å². The van der Waals surface area contributed by atoms with Gasteiger partial charge in [0.15, 0.2) is 0 Å². The zero-order chi connectivity index (χ0) is 10.3. The van der Waals surface area contributed by atoms with Gasteiger partial charge >= 0.3 is 0 Å². The minimum atomic E-state index is -2.47. The third kappa shape index (κ3) is 2.90. The quantitative estimate of drug-likeness (QED) is 0.656. The highest BCUT2D eigenvalue weighted by Gasteiger charge is 2.42. The van der Waals surface area contributed by atoms with Crippen LogP contribution in [0.2, 0.25) is 0 Å². The molecule has 0 spiro atoms. The smallest absolute Gasteiger partial charge is 0.282 e. The van der Waals surface area contributed by atoms with Crippen molar-refractivity contribution in [2.75, 3.05) is 6.61 Å². The van der Waals surface area contributed by atoms with Crippen LogP contribution in [0.5, 0.6) is 0 Å². The van der Waals surface area contributed by atoms with E-state index in [0.717, 1.165) is 0 Å². The van der Waals surface area contributed by atoms with Crippen molar-refractivity contribution in [1.82, 2.24) is 0 Å². The maximum Gasteiger partial charge on any atom is 0.282 e. The molecule has 5 heteroatoms. The summed E-state index contributed by atoms with van der Waals surface area (Å²) < 4.78 is 10.9. The molecule has 78 valence electrons. The van der Waals surface area contributed by atoms with Crippen LogP contribution in [0, 0.1) is 11.3 Å². The molecule has 2 nitrogen and oxygen atoms in total. The van der Waals surface area contributed by atoms with Crippen LogP contribution >= 0.6 is 17.1 Å². The Labute approximate surface area is 89.9 Å². The first kappa shape index (κ1) is 11.9. The lowest BCUT2D eigenvalue weighted by Crippen LogP contribution is -2.41. The van der Waals surface area contributed by atoms with Gasteiger partial charge in [-0.3, -0.25) is 0 Å². The SMILES string of the molecule is CC(C)[C@H]1O[P@@](=S)(Cl)OCC1(C)C. The van der Waals surface area contributed by atoms with E-state index < -0.39 is 5.84 Å². The molecule has 0 N–H and O–H groups in total. The van der Waals surface area contributed by atoms with Gasteiger partial charge in [-0.05, 0) is 29.0 Å². The second-order valence-electron chi connectivity index (χ2n) is 4.46. The Morgan fingerprint density at radius 1 is 1.54 bits per heavy atom.